The second-order valence-corrected chi connectivity index (χ2v) is 11.9. The molecule has 3 amide bonds. The molecule has 44 heavy (non-hydrogen) atoms. The van der Waals surface area contributed by atoms with Gasteiger partial charge in [0.05, 0.1) is 43.1 Å². The molecule has 1 aliphatic heterocycles. The normalized spacial score (nSPS) is 13.9. The lowest BCUT2D eigenvalue weighted by Crippen LogP contribution is -2.41. The van der Waals surface area contributed by atoms with E-state index >= 15 is 0 Å². The average Bonchev–Trinajstić information content (AvgIpc) is 3.00. The van der Waals surface area contributed by atoms with Crippen LogP contribution in [0.4, 0.5) is 21.9 Å². The number of urea groups is 1. The first-order valence-corrected chi connectivity index (χ1v) is 14.7. The zero-order valence-electron chi connectivity index (χ0n) is 25.9. The Hall–Kier alpha value is -4.51. The van der Waals surface area contributed by atoms with Gasteiger partial charge in [0.15, 0.2) is 5.75 Å². The molecule has 0 atom stereocenters. The second kappa shape index (κ2) is 13.0. The highest BCUT2D eigenvalue weighted by atomic mass is 16.5. The van der Waals surface area contributed by atoms with E-state index < -0.39 is 6.03 Å². The van der Waals surface area contributed by atoms with Crippen LogP contribution in [-0.2, 0) is 21.5 Å². The van der Waals surface area contributed by atoms with Crippen molar-refractivity contribution in [2.45, 2.75) is 39.7 Å². The summed E-state index contributed by atoms with van der Waals surface area (Å²) in [5, 5.41) is 8.56. The third kappa shape index (κ3) is 6.83. The van der Waals surface area contributed by atoms with Crippen LogP contribution in [0.5, 0.6) is 5.75 Å². The lowest BCUT2D eigenvalue weighted by atomic mass is 9.86. The van der Waals surface area contributed by atoms with Gasteiger partial charge in [-0.3, -0.25) is 14.7 Å². The topological polar surface area (TPSA) is 122 Å². The van der Waals surface area contributed by atoms with E-state index in [4.69, 9.17) is 20.3 Å². The van der Waals surface area contributed by atoms with Crippen molar-refractivity contribution in [2.24, 2.45) is 5.84 Å². The smallest absolute Gasteiger partial charge is 0.340 e. The van der Waals surface area contributed by atoms with E-state index in [1.807, 2.05) is 75.5 Å². The Bertz CT molecular complexity index is 1660. The Morgan fingerprint density at radius 3 is 2.30 bits per heavy atom. The lowest BCUT2D eigenvalue weighted by Gasteiger charge is -2.26. The molecule has 0 unspecified atom stereocenters. The minimum Gasteiger partial charge on any atom is -0.492 e. The third-order valence-electron chi connectivity index (χ3n) is 7.72. The van der Waals surface area contributed by atoms with Gasteiger partial charge in [-0.15, -0.1) is 0 Å². The number of nitrogens with two attached hydrogens (primary N) is 1. The van der Waals surface area contributed by atoms with Gasteiger partial charge in [0.2, 0.25) is 5.91 Å². The Morgan fingerprint density at radius 1 is 1.00 bits per heavy atom. The van der Waals surface area contributed by atoms with Gasteiger partial charge in [-0.05, 0) is 46.2 Å². The number of carbonyl (C=O) groups is 2. The first kappa shape index (κ1) is 30.9. The first-order chi connectivity index (χ1) is 21.0. The van der Waals surface area contributed by atoms with Crippen LogP contribution in [0, 0.1) is 0 Å². The summed E-state index contributed by atoms with van der Waals surface area (Å²) >= 11 is 0. The van der Waals surface area contributed by atoms with Gasteiger partial charge < -0.3 is 20.1 Å². The predicted molar refractivity (Wildman–Crippen MR) is 175 cm³/mol. The molecule has 0 bridgehead atoms. The Balaban J connectivity index is 1.43. The molecule has 10 nitrogen and oxygen atoms in total. The molecule has 10 heteroatoms. The van der Waals surface area contributed by atoms with Crippen molar-refractivity contribution in [1.29, 1.82) is 0 Å². The van der Waals surface area contributed by atoms with Crippen LogP contribution in [-0.4, -0.2) is 55.2 Å². The fourth-order valence-electron chi connectivity index (χ4n) is 5.35. The number of carbonyl (C=O) groups excluding carboxylic acids is 2. The van der Waals surface area contributed by atoms with E-state index in [2.05, 4.69) is 27.7 Å². The number of rotatable bonds is 7. The van der Waals surface area contributed by atoms with E-state index in [-0.39, 0.29) is 11.3 Å². The van der Waals surface area contributed by atoms with Crippen LogP contribution in [0.25, 0.3) is 21.9 Å². The van der Waals surface area contributed by atoms with Gasteiger partial charge in [-0.1, -0.05) is 57.2 Å². The van der Waals surface area contributed by atoms with Crippen LogP contribution in [0.1, 0.15) is 39.0 Å². The summed E-state index contributed by atoms with van der Waals surface area (Å²) in [5.74, 6) is 6.55. The molecule has 4 aromatic rings. The summed E-state index contributed by atoms with van der Waals surface area (Å²) in [6, 6.07) is 18.9. The highest BCUT2D eigenvalue weighted by Crippen LogP contribution is 2.39. The molecule has 230 valence electrons. The maximum Gasteiger partial charge on any atom is 0.340 e. The molecule has 0 spiro atoms. The van der Waals surface area contributed by atoms with Crippen molar-refractivity contribution < 1.29 is 19.1 Å². The molecular formula is C34H40N6O4. The first-order valence-electron chi connectivity index (χ1n) is 14.7. The standard InChI is InChI=1S/C34H40N6O4/c1-22(41)37-29-18-24(34(2,3)4)19-30(32(29)43-5)38-33(42)40(35)31-13-12-26(27-8-6-7-9-28(27)31)23-10-11-25(36-20-23)21-39-14-16-44-17-15-39/h6-13,18-20H,14-17,21,35H2,1-5H3,(H,37,41)(H,38,42). The molecule has 1 saturated heterocycles. The molecule has 1 aromatic heterocycles. The summed E-state index contributed by atoms with van der Waals surface area (Å²) in [5.41, 5.74) is 5.01. The third-order valence-corrected chi connectivity index (χ3v) is 7.72. The summed E-state index contributed by atoms with van der Waals surface area (Å²) in [6.45, 7) is 11.7. The van der Waals surface area contributed by atoms with Gasteiger partial charge in [-0.25, -0.2) is 15.6 Å². The number of benzene rings is 3. The van der Waals surface area contributed by atoms with Gasteiger partial charge >= 0.3 is 6.03 Å². The van der Waals surface area contributed by atoms with Crippen LogP contribution in [0.15, 0.2) is 66.9 Å². The predicted octanol–water partition coefficient (Wildman–Crippen LogP) is 5.91. The van der Waals surface area contributed by atoms with Gasteiger partial charge in [0.25, 0.3) is 0 Å². The number of aromatic nitrogens is 1. The maximum atomic E-state index is 13.6. The fraction of sp³-hybridized carbons (Fsp3) is 0.324. The summed E-state index contributed by atoms with van der Waals surface area (Å²) in [7, 11) is 1.49. The van der Waals surface area contributed by atoms with E-state index in [1.54, 1.807) is 0 Å². The number of anilines is 3. The molecule has 0 saturated carbocycles. The van der Waals surface area contributed by atoms with Gasteiger partial charge in [0.1, 0.15) is 0 Å². The maximum absolute atomic E-state index is 13.6. The number of methoxy groups -OCH3 is 1. The molecule has 4 N–H and O–H groups in total. The van der Waals surface area contributed by atoms with E-state index in [1.165, 1.54) is 14.0 Å². The SMILES string of the molecule is COc1c(NC(C)=O)cc(C(C)(C)C)cc1NC(=O)N(N)c1ccc(-c2ccc(CN3CCOCC3)nc2)c2ccccc12. The van der Waals surface area contributed by atoms with Crippen molar-refractivity contribution in [3.8, 4) is 16.9 Å². The molecular weight excluding hydrogens is 556 g/mol. The average molecular weight is 597 g/mol. The number of hydrogen-bond donors (Lipinski definition) is 3. The Labute approximate surface area is 258 Å². The fourth-order valence-corrected chi connectivity index (χ4v) is 5.35. The van der Waals surface area contributed by atoms with E-state index in [0.29, 0.717) is 22.8 Å². The number of pyridine rings is 1. The molecule has 2 heterocycles. The number of morpholine rings is 1. The van der Waals surface area contributed by atoms with Crippen LogP contribution in [0.3, 0.4) is 0 Å². The molecule has 0 radical (unpaired) electrons. The zero-order valence-corrected chi connectivity index (χ0v) is 25.9. The zero-order chi connectivity index (χ0) is 31.4. The highest BCUT2D eigenvalue weighted by molar-refractivity contribution is 6.11. The number of fused-ring (bicyclic) bond motifs is 1. The molecule has 3 aromatic carbocycles. The number of hydrazine groups is 1. The molecule has 1 aliphatic rings. The Morgan fingerprint density at radius 2 is 1.68 bits per heavy atom. The lowest BCUT2D eigenvalue weighted by molar-refractivity contribution is -0.114. The molecule has 0 aliphatic carbocycles. The van der Waals surface area contributed by atoms with Crippen LogP contribution in [0.2, 0.25) is 0 Å². The van der Waals surface area contributed by atoms with E-state index in [9.17, 15) is 9.59 Å². The van der Waals surface area contributed by atoms with Crippen molar-refractivity contribution in [1.82, 2.24) is 9.88 Å². The summed E-state index contributed by atoms with van der Waals surface area (Å²) in [6.07, 6.45) is 1.89. The number of amides is 3. The second-order valence-electron chi connectivity index (χ2n) is 11.9. The quantitative estimate of drug-likeness (QED) is 0.138. The number of ether oxygens (including phenoxy) is 2. The number of hydrogen-bond acceptors (Lipinski definition) is 7. The molecule has 1 fully saturated rings. The van der Waals surface area contributed by atoms with Crippen LogP contribution >= 0.6 is 0 Å². The number of nitrogens with zero attached hydrogens (tertiary/aromatic N) is 3. The summed E-state index contributed by atoms with van der Waals surface area (Å²) < 4.78 is 11.1. The summed E-state index contributed by atoms with van der Waals surface area (Å²) in [4.78, 5) is 32.6. The van der Waals surface area contributed by atoms with Gasteiger partial charge in [0, 0.05) is 43.7 Å². The number of nitrogens with one attached hydrogen (secondary N) is 2. The van der Waals surface area contributed by atoms with E-state index in [0.717, 1.165) is 71.0 Å². The van der Waals surface area contributed by atoms with Crippen molar-refractivity contribution in [3.63, 3.8) is 0 Å². The highest BCUT2D eigenvalue weighted by Gasteiger charge is 2.23. The molecule has 5 rings (SSSR count). The van der Waals surface area contributed by atoms with Gasteiger partial charge in [-0.2, -0.15) is 0 Å². The van der Waals surface area contributed by atoms with Crippen molar-refractivity contribution in [2.75, 3.05) is 49.1 Å². The van der Waals surface area contributed by atoms with Crippen LogP contribution < -0.4 is 26.2 Å². The minimum atomic E-state index is -0.560. The monoisotopic (exact) mass is 596 g/mol. The minimum absolute atomic E-state index is 0.249. The largest absolute Gasteiger partial charge is 0.492 e. The van der Waals surface area contributed by atoms with Crippen molar-refractivity contribution in [3.05, 3.63) is 78.1 Å². The Kier molecular flexibility index (Phi) is 9.14. The van der Waals surface area contributed by atoms with Crippen molar-refractivity contribution >= 4 is 39.8 Å².